The normalized spacial score (nSPS) is 10.5. The standard InChI is InChI=1S/C10H13N7O2/c1-5-6(2)15-16(7(5)3)9-8(17(18)19)4-12-10(13-9)14-11/h4H,11H2,1-3H3,(H,12,13,14). The molecule has 9 nitrogen and oxygen atoms in total. The second-order valence-electron chi connectivity index (χ2n) is 4.01. The molecule has 0 saturated carbocycles. The van der Waals surface area contributed by atoms with Gasteiger partial charge in [0.2, 0.25) is 11.8 Å². The van der Waals surface area contributed by atoms with Crippen molar-refractivity contribution in [2.75, 3.05) is 5.43 Å². The van der Waals surface area contributed by atoms with Gasteiger partial charge in [-0.25, -0.2) is 15.5 Å². The predicted octanol–water partition coefficient (Wildman–Crippen LogP) is 0.781. The molecule has 9 heteroatoms. The van der Waals surface area contributed by atoms with E-state index in [1.807, 2.05) is 20.8 Å². The van der Waals surface area contributed by atoms with Crippen LogP contribution in [-0.2, 0) is 0 Å². The Bertz CT molecular complexity index is 650. The summed E-state index contributed by atoms with van der Waals surface area (Å²) in [6.45, 7) is 5.54. The number of nitrogens with zero attached hydrogens (tertiary/aromatic N) is 5. The molecule has 0 spiro atoms. The van der Waals surface area contributed by atoms with Crippen LogP contribution in [0.2, 0.25) is 0 Å². The van der Waals surface area contributed by atoms with Crippen LogP contribution in [0.15, 0.2) is 6.20 Å². The number of hydrogen-bond donors (Lipinski definition) is 2. The Labute approximate surface area is 108 Å². The quantitative estimate of drug-likeness (QED) is 0.476. The van der Waals surface area contributed by atoms with E-state index in [1.54, 1.807) is 0 Å². The van der Waals surface area contributed by atoms with Crippen LogP contribution >= 0.6 is 0 Å². The molecule has 0 amide bonds. The number of nitrogens with one attached hydrogen (secondary N) is 1. The van der Waals surface area contributed by atoms with Crippen molar-refractivity contribution in [3.05, 3.63) is 33.3 Å². The zero-order valence-corrected chi connectivity index (χ0v) is 10.7. The number of hydrogen-bond acceptors (Lipinski definition) is 7. The first-order valence-electron chi connectivity index (χ1n) is 5.47. The Morgan fingerprint density at radius 2 is 2.11 bits per heavy atom. The predicted molar refractivity (Wildman–Crippen MR) is 67.8 cm³/mol. The monoisotopic (exact) mass is 263 g/mol. The Morgan fingerprint density at radius 3 is 2.58 bits per heavy atom. The van der Waals surface area contributed by atoms with Crippen LogP contribution in [0.25, 0.3) is 5.82 Å². The molecule has 0 aliphatic carbocycles. The molecule has 3 N–H and O–H groups in total. The first kappa shape index (κ1) is 12.9. The smallest absolute Gasteiger partial charge is 0.292 e. The van der Waals surface area contributed by atoms with Crippen LogP contribution < -0.4 is 11.3 Å². The number of rotatable bonds is 3. The van der Waals surface area contributed by atoms with Crippen LogP contribution in [0, 0.1) is 30.9 Å². The maximum atomic E-state index is 11.0. The zero-order valence-electron chi connectivity index (χ0n) is 10.7. The summed E-state index contributed by atoms with van der Waals surface area (Å²) in [5.74, 6) is 5.40. The highest BCUT2D eigenvalue weighted by Crippen LogP contribution is 2.23. The zero-order chi connectivity index (χ0) is 14.2. The first-order chi connectivity index (χ1) is 8.95. The molecule has 0 aromatic carbocycles. The SMILES string of the molecule is Cc1nn(-c2nc(NN)ncc2[N+](=O)[O-])c(C)c1C. The van der Waals surface area contributed by atoms with Gasteiger partial charge in [-0.05, 0) is 26.3 Å². The number of aryl methyl sites for hydroxylation is 1. The molecule has 0 bridgehead atoms. The molecule has 2 aromatic rings. The van der Waals surface area contributed by atoms with Crippen molar-refractivity contribution in [2.45, 2.75) is 20.8 Å². The third-order valence-electron chi connectivity index (χ3n) is 2.93. The number of nitro groups is 1. The van der Waals surface area contributed by atoms with Gasteiger partial charge in [-0.3, -0.25) is 15.5 Å². The van der Waals surface area contributed by atoms with Crippen molar-refractivity contribution in [1.82, 2.24) is 19.7 Å². The fraction of sp³-hybridized carbons (Fsp3) is 0.300. The highest BCUT2D eigenvalue weighted by molar-refractivity contribution is 5.49. The summed E-state index contributed by atoms with van der Waals surface area (Å²) in [7, 11) is 0. The molecule has 0 aliphatic rings. The molecule has 19 heavy (non-hydrogen) atoms. The van der Waals surface area contributed by atoms with Crippen molar-refractivity contribution in [3.63, 3.8) is 0 Å². The molecular formula is C10H13N7O2. The Morgan fingerprint density at radius 1 is 1.42 bits per heavy atom. The van der Waals surface area contributed by atoms with E-state index in [9.17, 15) is 10.1 Å². The summed E-state index contributed by atoms with van der Waals surface area (Å²) >= 11 is 0. The van der Waals surface area contributed by atoms with Crippen molar-refractivity contribution < 1.29 is 4.92 Å². The summed E-state index contributed by atoms with van der Waals surface area (Å²) in [5, 5.41) is 15.3. The fourth-order valence-electron chi connectivity index (χ4n) is 1.65. The van der Waals surface area contributed by atoms with Gasteiger partial charge in [0.15, 0.2) is 0 Å². The van der Waals surface area contributed by atoms with Crippen LogP contribution in [0.5, 0.6) is 0 Å². The first-order valence-corrected chi connectivity index (χ1v) is 5.47. The van der Waals surface area contributed by atoms with E-state index in [4.69, 9.17) is 5.84 Å². The molecule has 2 heterocycles. The van der Waals surface area contributed by atoms with E-state index in [0.29, 0.717) is 0 Å². The second-order valence-corrected chi connectivity index (χ2v) is 4.01. The van der Waals surface area contributed by atoms with Gasteiger partial charge in [0.05, 0.1) is 10.6 Å². The molecule has 0 unspecified atom stereocenters. The Kier molecular flexibility index (Phi) is 3.13. The summed E-state index contributed by atoms with van der Waals surface area (Å²) in [5.41, 5.74) is 4.54. The maximum Gasteiger partial charge on any atom is 0.332 e. The van der Waals surface area contributed by atoms with Gasteiger partial charge in [0.1, 0.15) is 6.20 Å². The molecular weight excluding hydrogens is 250 g/mol. The lowest BCUT2D eigenvalue weighted by Gasteiger charge is -2.06. The highest BCUT2D eigenvalue weighted by Gasteiger charge is 2.22. The largest absolute Gasteiger partial charge is 0.332 e. The van der Waals surface area contributed by atoms with Gasteiger partial charge in [-0.2, -0.15) is 10.1 Å². The van der Waals surface area contributed by atoms with E-state index in [-0.39, 0.29) is 17.5 Å². The molecule has 0 fully saturated rings. The number of nitrogen functional groups attached to an aromatic ring is 1. The van der Waals surface area contributed by atoms with E-state index < -0.39 is 4.92 Å². The fourth-order valence-corrected chi connectivity index (χ4v) is 1.65. The van der Waals surface area contributed by atoms with Crippen molar-refractivity contribution in [3.8, 4) is 5.82 Å². The summed E-state index contributed by atoms with van der Waals surface area (Å²) in [6, 6.07) is 0. The topological polar surface area (TPSA) is 125 Å². The van der Waals surface area contributed by atoms with Crippen molar-refractivity contribution in [2.24, 2.45) is 5.84 Å². The van der Waals surface area contributed by atoms with Gasteiger partial charge < -0.3 is 0 Å². The van der Waals surface area contributed by atoms with E-state index in [2.05, 4.69) is 20.5 Å². The average molecular weight is 263 g/mol. The van der Waals surface area contributed by atoms with Crippen LogP contribution in [0.1, 0.15) is 17.0 Å². The van der Waals surface area contributed by atoms with Crippen LogP contribution in [0.4, 0.5) is 11.6 Å². The summed E-state index contributed by atoms with van der Waals surface area (Å²) in [6.07, 6.45) is 1.10. The van der Waals surface area contributed by atoms with Gasteiger partial charge in [-0.1, -0.05) is 0 Å². The molecule has 2 aromatic heterocycles. The van der Waals surface area contributed by atoms with Crippen LogP contribution in [0.3, 0.4) is 0 Å². The summed E-state index contributed by atoms with van der Waals surface area (Å²) in [4.78, 5) is 18.2. The highest BCUT2D eigenvalue weighted by atomic mass is 16.6. The number of aromatic nitrogens is 4. The molecule has 0 saturated heterocycles. The van der Waals surface area contributed by atoms with E-state index in [0.717, 1.165) is 23.1 Å². The Hall–Kier alpha value is -2.55. The lowest BCUT2D eigenvalue weighted by Crippen LogP contribution is -2.14. The van der Waals surface area contributed by atoms with Crippen molar-refractivity contribution >= 4 is 11.6 Å². The van der Waals surface area contributed by atoms with Gasteiger partial charge in [-0.15, -0.1) is 0 Å². The van der Waals surface area contributed by atoms with E-state index in [1.165, 1.54) is 4.68 Å². The maximum absolute atomic E-state index is 11.0. The minimum Gasteiger partial charge on any atom is -0.292 e. The molecule has 100 valence electrons. The molecule has 0 atom stereocenters. The van der Waals surface area contributed by atoms with Gasteiger partial charge >= 0.3 is 5.69 Å². The van der Waals surface area contributed by atoms with E-state index >= 15 is 0 Å². The third-order valence-corrected chi connectivity index (χ3v) is 2.93. The minimum atomic E-state index is -0.554. The lowest BCUT2D eigenvalue weighted by atomic mass is 10.2. The number of anilines is 1. The van der Waals surface area contributed by atoms with Gasteiger partial charge in [0, 0.05) is 5.69 Å². The minimum absolute atomic E-state index is 0.0849. The number of hydrazine groups is 1. The van der Waals surface area contributed by atoms with Crippen LogP contribution in [-0.4, -0.2) is 24.7 Å². The van der Waals surface area contributed by atoms with Crippen molar-refractivity contribution in [1.29, 1.82) is 0 Å². The van der Waals surface area contributed by atoms with Gasteiger partial charge in [0.25, 0.3) is 0 Å². The lowest BCUT2D eigenvalue weighted by molar-refractivity contribution is -0.385. The number of nitrogens with two attached hydrogens (primary N) is 1. The third kappa shape index (κ3) is 2.10. The average Bonchev–Trinajstić information content (AvgIpc) is 2.65. The molecule has 0 radical (unpaired) electrons. The second kappa shape index (κ2) is 4.61. The summed E-state index contributed by atoms with van der Waals surface area (Å²) < 4.78 is 1.42. The Balaban J connectivity index is 2.71. The molecule has 2 rings (SSSR count). The molecule has 0 aliphatic heterocycles.